The second-order valence-electron chi connectivity index (χ2n) is 7.04. The van der Waals surface area contributed by atoms with Crippen LogP contribution in [0.2, 0.25) is 0 Å². The number of carbonyl (C=O) groups excluding carboxylic acids is 1. The number of carbonyl (C=O) groups is 1. The summed E-state index contributed by atoms with van der Waals surface area (Å²) in [5, 5.41) is 4.91. The van der Waals surface area contributed by atoms with Gasteiger partial charge in [0, 0.05) is 28.5 Å². The van der Waals surface area contributed by atoms with Crippen molar-refractivity contribution in [2.24, 2.45) is 0 Å². The van der Waals surface area contributed by atoms with Gasteiger partial charge in [-0.3, -0.25) is 9.20 Å². The van der Waals surface area contributed by atoms with E-state index in [9.17, 15) is 9.18 Å². The van der Waals surface area contributed by atoms with Gasteiger partial charge in [-0.1, -0.05) is 25.5 Å². The average molecular weight is 408 g/mol. The van der Waals surface area contributed by atoms with Crippen molar-refractivity contribution in [1.82, 2.24) is 9.38 Å². The van der Waals surface area contributed by atoms with E-state index in [1.807, 2.05) is 28.1 Å². The lowest BCUT2D eigenvalue weighted by molar-refractivity contribution is -0.115. The first-order valence-corrected chi connectivity index (χ1v) is 10.6. The molecule has 2 heterocycles. The third-order valence-electron chi connectivity index (χ3n) is 4.82. The normalized spacial score (nSPS) is 11.1. The second-order valence-corrected chi connectivity index (χ2v) is 7.87. The minimum Gasteiger partial charge on any atom is -0.326 e. The van der Waals surface area contributed by atoms with Gasteiger partial charge in [0.2, 0.25) is 5.91 Å². The van der Waals surface area contributed by atoms with Crippen LogP contribution in [0.1, 0.15) is 31.0 Å². The summed E-state index contributed by atoms with van der Waals surface area (Å²) in [5.41, 5.74) is 4.58. The second kappa shape index (κ2) is 8.57. The predicted octanol–water partition coefficient (Wildman–Crippen LogP) is 5.73. The van der Waals surface area contributed by atoms with Gasteiger partial charge in [-0.25, -0.2) is 9.37 Å². The zero-order valence-electron chi connectivity index (χ0n) is 16.2. The Labute approximate surface area is 173 Å². The molecule has 0 aliphatic rings. The van der Waals surface area contributed by atoms with E-state index >= 15 is 0 Å². The molecular weight excluding hydrogens is 385 g/mol. The van der Waals surface area contributed by atoms with Crippen molar-refractivity contribution >= 4 is 27.9 Å². The molecule has 0 fully saturated rings. The number of nitrogens with one attached hydrogen (secondary N) is 1. The van der Waals surface area contributed by atoms with E-state index in [2.05, 4.69) is 29.4 Å². The number of imidazole rings is 1. The molecule has 2 aromatic heterocycles. The van der Waals surface area contributed by atoms with E-state index in [-0.39, 0.29) is 18.1 Å². The van der Waals surface area contributed by atoms with Gasteiger partial charge < -0.3 is 5.32 Å². The Morgan fingerprint density at radius 3 is 2.62 bits per heavy atom. The number of hydrogen-bond acceptors (Lipinski definition) is 3. The molecule has 148 valence electrons. The number of aryl methyl sites for hydroxylation is 1. The van der Waals surface area contributed by atoms with E-state index < -0.39 is 0 Å². The van der Waals surface area contributed by atoms with Crippen LogP contribution >= 0.6 is 11.3 Å². The zero-order valence-corrected chi connectivity index (χ0v) is 17.0. The number of benzene rings is 2. The van der Waals surface area contributed by atoms with Crippen LogP contribution in [-0.2, 0) is 17.6 Å². The predicted molar refractivity (Wildman–Crippen MR) is 116 cm³/mol. The summed E-state index contributed by atoms with van der Waals surface area (Å²) in [4.78, 5) is 17.9. The highest BCUT2D eigenvalue weighted by atomic mass is 32.1. The molecule has 0 radical (unpaired) electrons. The van der Waals surface area contributed by atoms with Gasteiger partial charge >= 0.3 is 0 Å². The summed E-state index contributed by atoms with van der Waals surface area (Å²) in [5.74, 6) is -0.339. The zero-order chi connectivity index (χ0) is 20.2. The Bertz CT molecular complexity index is 1110. The number of halogens is 1. The minimum absolute atomic E-state index is 0.0666. The van der Waals surface area contributed by atoms with Gasteiger partial charge in [0.1, 0.15) is 5.82 Å². The van der Waals surface area contributed by atoms with Crippen molar-refractivity contribution in [2.75, 3.05) is 5.32 Å². The molecule has 1 N–H and O–H groups in total. The fourth-order valence-electron chi connectivity index (χ4n) is 3.22. The number of aromatic nitrogens is 2. The van der Waals surface area contributed by atoms with Crippen LogP contribution < -0.4 is 5.32 Å². The number of hydrogen-bond donors (Lipinski definition) is 1. The summed E-state index contributed by atoms with van der Waals surface area (Å²) < 4.78 is 15.1. The van der Waals surface area contributed by atoms with Crippen LogP contribution in [0.25, 0.3) is 16.2 Å². The molecular formula is C23H22FN3OS. The molecule has 2 aromatic carbocycles. The number of nitrogens with zero attached hydrogens (tertiary/aromatic N) is 2. The van der Waals surface area contributed by atoms with Crippen LogP contribution in [0.15, 0.2) is 60.1 Å². The van der Waals surface area contributed by atoms with Gasteiger partial charge in [-0.05, 0) is 54.8 Å². The Morgan fingerprint density at radius 1 is 1.14 bits per heavy atom. The lowest BCUT2D eigenvalue weighted by Gasteiger charge is -2.06. The van der Waals surface area contributed by atoms with E-state index in [0.29, 0.717) is 0 Å². The van der Waals surface area contributed by atoms with Crippen molar-refractivity contribution in [1.29, 1.82) is 0 Å². The smallest absolute Gasteiger partial charge is 0.230 e. The maximum absolute atomic E-state index is 13.1. The standard InChI is InChI=1S/C23H22FN3OS/c1-2-3-4-16-5-11-19(12-6-16)25-22(28)13-20-15-29-23-26-21(14-27(20)23)17-7-9-18(24)10-8-17/h5-12,14-15H,2-4,13H2,1H3,(H,25,28). The first kappa shape index (κ1) is 19.3. The van der Waals surface area contributed by atoms with E-state index in [1.54, 1.807) is 12.1 Å². The van der Waals surface area contributed by atoms with Gasteiger partial charge in [-0.2, -0.15) is 0 Å². The first-order chi connectivity index (χ1) is 14.1. The van der Waals surface area contributed by atoms with E-state index in [4.69, 9.17) is 0 Å². The third-order valence-corrected chi connectivity index (χ3v) is 5.71. The Balaban J connectivity index is 1.44. The molecule has 0 unspecified atom stereocenters. The molecule has 4 aromatic rings. The highest BCUT2D eigenvalue weighted by Gasteiger charge is 2.13. The van der Waals surface area contributed by atoms with Crippen LogP contribution in [0.4, 0.5) is 10.1 Å². The molecule has 0 aliphatic carbocycles. The van der Waals surface area contributed by atoms with Crippen molar-refractivity contribution in [2.45, 2.75) is 32.6 Å². The number of thiazole rings is 1. The van der Waals surface area contributed by atoms with E-state index in [1.165, 1.54) is 41.9 Å². The summed E-state index contributed by atoms with van der Waals surface area (Å²) in [6.45, 7) is 2.18. The van der Waals surface area contributed by atoms with E-state index in [0.717, 1.165) is 34.0 Å². The third kappa shape index (κ3) is 4.54. The SMILES string of the molecule is CCCCc1ccc(NC(=O)Cc2csc3nc(-c4ccc(F)cc4)cn23)cc1. The minimum atomic E-state index is -0.273. The van der Waals surface area contributed by atoms with Crippen molar-refractivity contribution in [3.8, 4) is 11.3 Å². The molecule has 0 saturated carbocycles. The molecule has 0 bridgehead atoms. The average Bonchev–Trinajstić information content (AvgIpc) is 3.30. The number of anilines is 1. The number of unbranched alkanes of at least 4 members (excludes halogenated alkanes) is 1. The summed E-state index contributed by atoms with van der Waals surface area (Å²) in [6, 6.07) is 14.3. The summed E-state index contributed by atoms with van der Waals surface area (Å²) in [6.07, 6.45) is 5.56. The highest BCUT2D eigenvalue weighted by molar-refractivity contribution is 7.15. The monoisotopic (exact) mass is 407 g/mol. The molecule has 0 aliphatic heterocycles. The topological polar surface area (TPSA) is 46.4 Å². The van der Waals surface area contributed by atoms with Gasteiger partial charge in [-0.15, -0.1) is 11.3 Å². The Kier molecular flexibility index (Phi) is 5.71. The molecule has 1 amide bonds. The van der Waals surface area contributed by atoms with Crippen LogP contribution in [0, 0.1) is 5.82 Å². The van der Waals surface area contributed by atoms with Gasteiger partial charge in [0.15, 0.2) is 4.96 Å². The van der Waals surface area contributed by atoms with Crippen molar-refractivity contribution in [3.05, 3.63) is 77.2 Å². The molecule has 0 atom stereocenters. The number of amides is 1. The first-order valence-electron chi connectivity index (χ1n) is 9.72. The molecule has 4 nitrogen and oxygen atoms in total. The lowest BCUT2D eigenvalue weighted by atomic mass is 10.1. The molecule has 4 rings (SSSR count). The van der Waals surface area contributed by atoms with Crippen LogP contribution in [-0.4, -0.2) is 15.3 Å². The number of rotatable bonds is 7. The fourth-order valence-corrected chi connectivity index (χ4v) is 4.09. The Hall–Kier alpha value is -2.99. The molecule has 29 heavy (non-hydrogen) atoms. The van der Waals surface area contributed by atoms with Gasteiger partial charge in [0.25, 0.3) is 0 Å². The summed E-state index contributed by atoms with van der Waals surface area (Å²) in [7, 11) is 0. The number of fused-ring (bicyclic) bond motifs is 1. The molecule has 0 saturated heterocycles. The van der Waals surface area contributed by atoms with Gasteiger partial charge in [0.05, 0.1) is 12.1 Å². The quantitative estimate of drug-likeness (QED) is 0.425. The Morgan fingerprint density at radius 2 is 1.90 bits per heavy atom. The van der Waals surface area contributed by atoms with Crippen molar-refractivity contribution < 1.29 is 9.18 Å². The molecule has 0 spiro atoms. The van der Waals surface area contributed by atoms with Crippen molar-refractivity contribution in [3.63, 3.8) is 0 Å². The largest absolute Gasteiger partial charge is 0.326 e. The summed E-state index contributed by atoms with van der Waals surface area (Å²) >= 11 is 1.49. The maximum Gasteiger partial charge on any atom is 0.230 e. The lowest BCUT2D eigenvalue weighted by Crippen LogP contribution is -2.15. The highest BCUT2D eigenvalue weighted by Crippen LogP contribution is 2.24. The fraction of sp³-hybridized carbons (Fsp3) is 0.217. The van der Waals surface area contributed by atoms with Crippen LogP contribution in [0.3, 0.4) is 0 Å². The molecule has 6 heteroatoms. The van der Waals surface area contributed by atoms with Crippen LogP contribution in [0.5, 0.6) is 0 Å². The maximum atomic E-state index is 13.1.